The van der Waals surface area contributed by atoms with Crippen LogP contribution in [0.2, 0.25) is 0 Å². The summed E-state index contributed by atoms with van der Waals surface area (Å²) < 4.78 is 15.1. The van der Waals surface area contributed by atoms with Crippen molar-refractivity contribution in [2.75, 3.05) is 12.0 Å². The number of nitrogens with zero attached hydrogens (tertiary/aromatic N) is 4. The number of halogens is 1. The summed E-state index contributed by atoms with van der Waals surface area (Å²) in [6.45, 7) is 2.66. The zero-order valence-electron chi connectivity index (χ0n) is 20.7. The molecule has 37 heavy (non-hydrogen) atoms. The number of thiophene rings is 1. The third-order valence-electron chi connectivity index (χ3n) is 7.42. The van der Waals surface area contributed by atoms with Gasteiger partial charge in [0.25, 0.3) is 5.56 Å². The van der Waals surface area contributed by atoms with E-state index in [-0.39, 0.29) is 17.4 Å². The summed E-state index contributed by atoms with van der Waals surface area (Å²) in [5.74, 6) is 0.204. The number of fused-ring (bicyclic) bond motifs is 3. The van der Waals surface area contributed by atoms with E-state index in [1.54, 1.807) is 29.7 Å². The number of benzene rings is 2. The Labute approximate surface area is 219 Å². The fourth-order valence-electron chi connectivity index (χ4n) is 5.55. The summed E-state index contributed by atoms with van der Waals surface area (Å²) >= 11 is 1.63. The summed E-state index contributed by atoms with van der Waals surface area (Å²) in [4.78, 5) is 23.4. The average molecular weight is 516 g/mol. The highest BCUT2D eigenvalue weighted by molar-refractivity contribution is 7.18. The summed E-state index contributed by atoms with van der Waals surface area (Å²) in [5.41, 5.74) is 6.34. The Morgan fingerprint density at radius 3 is 2.65 bits per heavy atom. The molecule has 0 bridgehead atoms. The van der Waals surface area contributed by atoms with Crippen molar-refractivity contribution >= 4 is 33.7 Å². The molecule has 0 unspecified atom stereocenters. The van der Waals surface area contributed by atoms with Crippen LogP contribution < -0.4 is 11.0 Å². The molecule has 0 atom stereocenters. The lowest BCUT2D eigenvalue weighted by Crippen LogP contribution is -2.31. The molecule has 2 aromatic carbocycles. The van der Waals surface area contributed by atoms with E-state index in [1.165, 1.54) is 34.6 Å². The summed E-state index contributed by atoms with van der Waals surface area (Å²) in [5, 5.41) is 5.15. The SMILES string of the molecule is O=c1c2c3c(sc2nc(NN=Cc2ccc(F)cc2)n1C1CCCCC1)CN(Cc1ccccc1)CC3. The van der Waals surface area contributed by atoms with Gasteiger partial charge in [-0.25, -0.2) is 14.8 Å². The number of hydrogen-bond acceptors (Lipinski definition) is 6. The van der Waals surface area contributed by atoms with Crippen LogP contribution in [0.25, 0.3) is 10.2 Å². The molecule has 0 saturated heterocycles. The molecule has 6 nitrogen and oxygen atoms in total. The average Bonchev–Trinajstić information content (AvgIpc) is 3.29. The van der Waals surface area contributed by atoms with Crippen molar-refractivity contribution in [3.05, 3.63) is 92.3 Å². The lowest BCUT2D eigenvalue weighted by atomic mass is 9.95. The second kappa shape index (κ2) is 10.6. The fourth-order valence-corrected chi connectivity index (χ4v) is 6.81. The Kier molecular flexibility index (Phi) is 6.85. The van der Waals surface area contributed by atoms with Gasteiger partial charge in [0.05, 0.1) is 11.6 Å². The van der Waals surface area contributed by atoms with Gasteiger partial charge in [0.15, 0.2) is 0 Å². The van der Waals surface area contributed by atoms with Gasteiger partial charge in [-0.15, -0.1) is 11.3 Å². The minimum absolute atomic E-state index is 0.0467. The lowest BCUT2D eigenvalue weighted by molar-refractivity contribution is 0.249. The smallest absolute Gasteiger partial charge is 0.264 e. The third kappa shape index (κ3) is 5.08. The highest BCUT2D eigenvalue weighted by Gasteiger charge is 2.28. The Morgan fingerprint density at radius 2 is 1.86 bits per heavy atom. The van der Waals surface area contributed by atoms with Crippen molar-refractivity contribution in [2.24, 2.45) is 5.10 Å². The van der Waals surface area contributed by atoms with Gasteiger partial charge in [0.2, 0.25) is 5.95 Å². The standard InChI is InChI=1S/C29H30FN5OS/c30-22-13-11-20(12-14-22)17-31-33-29-32-27-26(28(36)35(29)23-9-5-2-6-10-23)24-15-16-34(19-25(24)37-27)18-21-7-3-1-4-8-21/h1,3-4,7-8,11-14,17,23H,2,5-6,9-10,15-16,18-19H2,(H,32,33). The normalized spacial score (nSPS) is 16.9. The van der Waals surface area contributed by atoms with Crippen molar-refractivity contribution in [3.63, 3.8) is 0 Å². The molecule has 3 heterocycles. The minimum Gasteiger partial charge on any atom is -0.294 e. The number of hydrazone groups is 1. The predicted molar refractivity (Wildman–Crippen MR) is 148 cm³/mol. The van der Waals surface area contributed by atoms with E-state index in [0.717, 1.165) is 67.5 Å². The van der Waals surface area contributed by atoms with Crippen molar-refractivity contribution in [1.29, 1.82) is 0 Å². The van der Waals surface area contributed by atoms with Crippen molar-refractivity contribution < 1.29 is 4.39 Å². The molecular formula is C29H30FN5OS. The first-order valence-electron chi connectivity index (χ1n) is 13.0. The van der Waals surface area contributed by atoms with Crippen LogP contribution in [0.4, 0.5) is 10.3 Å². The molecule has 0 radical (unpaired) electrons. The molecule has 2 aromatic heterocycles. The van der Waals surface area contributed by atoms with Gasteiger partial charge in [0.1, 0.15) is 10.6 Å². The predicted octanol–water partition coefficient (Wildman–Crippen LogP) is 6.11. The monoisotopic (exact) mass is 515 g/mol. The van der Waals surface area contributed by atoms with E-state index < -0.39 is 0 Å². The quantitative estimate of drug-likeness (QED) is 0.249. The zero-order chi connectivity index (χ0) is 25.2. The Morgan fingerprint density at radius 1 is 1.08 bits per heavy atom. The number of nitrogens with one attached hydrogen (secondary N) is 1. The van der Waals surface area contributed by atoms with Crippen LogP contribution in [0.5, 0.6) is 0 Å². The van der Waals surface area contributed by atoms with Gasteiger partial charge in [-0.05, 0) is 48.1 Å². The Balaban J connectivity index is 1.34. The molecule has 1 aliphatic heterocycles. The van der Waals surface area contributed by atoms with Crippen molar-refractivity contribution in [2.45, 2.75) is 57.7 Å². The van der Waals surface area contributed by atoms with Crippen LogP contribution in [-0.2, 0) is 19.5 Å². The molecule has 8 heteroatoms. The molecule has 1 N–H and O–H groups in total. The van der Waals surface area contributed by atoms with Crippen LogP contribution in [0.1, 0.15) is 59.7 Å². The Bertz CT molecular complexity index is 1470. The summed E-state index contributed by atoms with van der Waals surface area (Å²) in [6.07, 6.45) is 7.87. The molecule has 0 amide bonds. The third-order valence-corrected chi connectivity index (χ3v) is 8.53. The molecule has 4 aromatic rings. The van der Waals surface area contributed by atoms with Gasteiger partial charge in [0, 0.05) is 30.6 Å². The molecular weight excluding hydrogens is 485 g/mol. The van der Waals surface area contributed by atoms with Crippen LogP contribution in [0.3, 0.4) is 0 Å². The maximum atomic E-state index is 14.0. The molecule has 1 aliphatic carbocycles. The first-order chi connectivity index (χ1) is 18.2. The zero-order valence-corrected chi connectivity index (χ0v) is 21.5. The molecule has 1 fully saturated rings. The van der Waals surface area contributed by atoms with E-state index >= 15 is 0 Å². The molecule has 1 saturated carbocycles. The molecule has 6 rings (SSSR count). The number of hydrogen-bond donors (Lipinski definition) is 1. The summed E-state index contributed by atoms with van der Waals surface area (Å²) in [6, 6.07) is 16.8. The van der Waals surface area contributed by atoms with E-state index in [2.05, 4.69) is 39.7 Å². The van der Waals surface area contributed by atoms with Crippen LogP contribution >= 0.6 is 11.3 Å². The topological polar surface area (TPSA) is 62.5 Å². The molecule has 190 valence electrons. The summed E-state index contributed by atoms with van der Waals surface area (Å²) in [7, 11) is 0. The first kappa shape index (κ1) is 24.0. The highest BCUT2D eigenvalue weighted by Crippen LogP contribution is 2.36. The van der Waals surface area contributed by atoms with Gasteiger partial charge in [-0.3, -0.25) is 14.3 Å². The van der Waals surface area contributed by atoms with Crippen LogP contribution in [0, 0.1) is 5.82 Å². The van der Waals surface area contributed by atoms with Gasteiger partial charge >= 0.3 is 0 Å². The Hall–Kier alpha value is -3.36. The minimum atomic E-state index is -0.285. The van der Waals surface area contributed by atoms with E-state index in [0.29, 0.717) is 5.95 Å². The lowest BCUT2D eigenvalue weighted by Gasteiger charge is -2.27. The highest BCUT2D eigenvalue weighted by atomic mass is 32.1. The fraction of sp³-hybridized carbons (Fsp3) is 0.345. The van der Waals surface area contributed by atoms with E-state index in [4.69, 9.17) is 4.98 Å². The molecule has 0 spiro atoms. The van der Waals surface area contributed by atoms with Gasteiger partial charge in [-0.2, -0.15) is 5.10 Å². The number of anilines is 1. The van der Waals surface area contributed by atoms with E-state index in [1.807, 2.05) is 10.6 Å². The second-order valence-electron chi connectivity index (χ2n) is 9.95. The number of rotatable bonds is 6. The van der Waals surface area contributed by atoms with Gasteiger partial charge < -0.3 is 0 Å². The second-order valence-corrected chi connectivity index (χ2v) is 11.0. The van der Waals surface area contributed by atoms with Crippen molar-refractivity contribution in [3.8, 4) is 0 Å². The van der Waals surface area contributed by atoms with Crippen molar-refractivity contribution in [1.82, 2.24) is 14.5 Å². The van der Waals surface area contributed by atoms with Crippen LogP contribution in [-0.4, -0.2) is 27.2 Å². The van der Waals surface area contributed by atoms with Gasteiger partial charge in [-0.1, -0.05) is 61.7 Å². The maximum absolute atomic E-state index is 14.0. The maximum Gasteiger partial charge on any atom is 0.264 e. The number of aromatic nitrogens is 2. The largest absolute Gasteiger partial charge is 0.294 e. The van der Waals surface area contributed by atoms with Crippen LogP contribution in [0.15, 0.2) is 64.5 Å². The molecule has 2 aliphatic rings. The first-order valence-corrected chi connectivity index (χ1v) is 13.8. The van der Waals surface area contributed by atoms with E-state index in [9.17, 15) is 9.18 Å².